The largest absolute Gasteiger partial charge is 0.478 e. The van der Waals surface area contributed by atoms with Gasteiger partial charge in [-0.25, -0.2) is 9.59 Å². The molecule has 0 aliphatic carbocycles. The van der Waals surface area contributed by atoms with Crippen LogP contribution in [0.25, 0.3) is 0 Å². The van der Waals surface area contributed by atoms with Crippen molar-refractivity contribution < 1.29 is 24.6 Å². The molecule has 1 amide bonds. The Kier molecular flexibility index (Phi) is 8.07. The van der Waals surface area contributed by atoms with Crippen LogP contribution in [-0.4, -0.2) is 59.6 Å². The first kappa shape index (κ1) is 23.2. The van der Waals surface area contributed by atoms with Gasteiger partial charge in [0.05, 0.1) is 11.5 Å². The quantitative estimate of drug-likeness (QED) is 0.627. The van der Waals surface area contributed by atoms with Gasteiger partial charge in [0.2, 0.25) is 5.91 Å². The van der Waals surface area contributed by atoms with Gasteiger partial charge in [0, 0.05) is 28.4 Å². The average Bonchev–Trinajstić information content (AvgIpc) is 2.62. The number of nitrogens with zero attached hydrogens (tertiary/aromatic N) is 2. The third-order valence-corrected chi connectivity index (χ3v) is 5.54. The van der Waals surface area contributed by atoms with Crippen LogP contribution in [0.5, 0.6) is 0 Å². The molecule has 0 saturated carbocycles. The van der Waals surface area contributed by atoms with Crippen molar-refractivity contribution in [3.63, 3.8) is 0 Å². The molecular weight excluding hydrogens is 419 g/mol. The Morgan fingerprint density at radius 2 is 1.72 bits per heavy atom. The molecule has 2 rings (SSSR count). The molecule has 0 aromatic heterocycles. The molecule has 29 heavy (non-hydrogen) atoms. The van der Waals surface area contributed by atoms with Crippen LogP contribution in [0, 0.1) is 11.8 Å². The Bertz CT molecular complexity index is 799. The topological polar surface area (TPSA) is 98.2 Å². The van der Waals surface area contributed by atoms with Crippen LogP contribution in [0.4, 0.5) is 5.69 Å². The Balaban J connectivity index is 2.51. The second-order valence-corrected chi connectivity index (χ2v) is 7.94. The second kappa shape index (κ2) is 10.1. The van der Waals surface area contributed by atoms with Gasteiger partial charge in [-0.05, 0) is 64.0 Å². The van der Waals surface area contributed by atoms with Gasteiger partial charge in [-0.2, -0.15) is 0 Å². The average molecular weight is 443 g/mol. The Morgan fingerprint density at radius 3 is 2.17 bits per heavy atom. The number of carbonyl (C=O) groups is 3. The molecular formula is C20H24Cl2N2O5. The lowest BCUT2D eigenvalue weighted by molar-refractivity contribution is -0.137. The third-order valence-electron chi connectivity index (χ3n) is 5.10. The lowest BCUT2D eigenvalue weighted by Gasteiger charge is -2.36. The monoisotopic (exact) mass is 442 g/mol. The van der Waals surface area contributed by atoms with Gasteiger partial charge in [-0.3, -0.25) is 4.79 Å². The number of rotatable bonds is 7. The van der Waals surface area contributed by atoms with Gasteiger partial charge in [0.25, 0.3) is 0 Å². The lowest BCUT2D eigenvalue weighted by atomic mass is 9.78. The highest BCUT2D eigenvalue weighted by atomic mass is 35.5. The van der Waals surface area contributed by atoms with E-state index in [0.29, 0.717) is 47.7 Å². The number of halogens is 2. The first-order valence-corrected chi connectivity index (χ1v) is 10.0. The van der Waals surface area contributed by atoms with Crippen LogP contribution in [0.15, 0.2) is 29.8 Å². The number of carbonyl (C=O) groups excluding carboxylic acids is 1. The summed E-state index contributed by atoms with van der Waals surface area (Å²) in [6, 6.07) is 4.68. The number of hydrogen-bond acceptors (Lipinski definition) is 4. The van der Waals surface area contributed by atoms with Gasteiger partial charge in [0.15, 0.2) is 0 Å². The van der Waals surface area contributed by atoms with Crippen LogP contribution < -0.4 is 4.90 Å². The molecule has 0 spiro atoms. The number of hydrogen-bond donors (Lipinski definition) is 2. The number of anilines is 1. The predicted molar refractivity (Wildman–Crippen MR) is 112 cm³/mol. The van der Waals surface area contributed by atoms with Crippen molar-refractivity contribution in [1.82, 2.24) is 4.90 Å². The zero-order valence-electron chi connectivity index (χ0n) is 16.3. The summed E-state index contributed by atoms with van der Waals surface area (Å²) in [5.74, 6) is -4.67. The first-order chi connectivity index (χ1) is 13.6. The molecule has 1 unspecified atom stereocenters. The summed E-state index contributed by atoms with van der Waals surface area (Å²) in [7, 11) is 1.95. The SMILES string of the molecule is CCN(C(=O)C(/C(=C\C(=O)O)C(=O)O)C1CCN(C)CC1)c1cc(Cl)cc(Cl)c1. The highest BCUT2D eigenvalue weighted by molar-refractivity contribution is 6.35. The minimum Gasteiger partial charge on any atom is -0.478 e. The Labute approximate surface area is 179 Å². The number of piperidine rings is 1. The summed E-state index contributed by atoms with van der Waals surface area (Å²) >= 11 is 12.1. The summed E-state index contributed by atoms with van der Waals surface area (Å²) in [6.07, 6.45) is 1.80. The number of amides is 1. The maximum atomic E-state index is 13.5. The van der Waals surface area contributed by atoms with Gasteiger partial charge in [-0.1, -0.05) is 23.2 Å². The predicted octanol–water partition coefficient (Wildman–Crippen LogP) is 3.40. The summed E-state index contributed by atoms with van der Waals surface area (Å²) in [5.41, 5.74) is 0.0246. The van der Waals surface area contributed by atoms with Crippen LogP contribution in [0.2, 0.25) is 10.0 Å². The van der Waals surface area contributed by atoms with Crippen molar-refractivity contribution in [3.05, 3.63) is 39.9 Å². The number of carboxylic acids is 2. The number of benzene rings is 1. The minimum atomic E-state index is -1.41. The van der Waals surface area contributed by atoms with E-state index in [2.05, 4.69) is 4.90 Å². The van der Waals surface area contributed by atoms with Gasteiger partial charge >= 0.3 is 11.9 Å². The molecule has 0 radical (unpaired) electrons. The van der Waals surface area contributed by atoms with E-state index in [9.17, 15) is 24.6 Å². The van der Waals surface area contributed by atoms with Crippen LogP contribution >= 0.6 is 23.2 Å². The number of aliphatic carboxylic acids is 2. The van der Waals surface area contributed by atoms with Crippen LogP contribution in [-0.2, 0) is 14.4 Å². The standard InChI is InChI=1S/C20H24Cl2N2O5/c1-3-24(15-9-13(21)8-14(22)10-15)19(27)18(12-4-6-23(2)7-5-12)16(20(28)29)11-17(25)26/h8-12,18H,3-7H2,1-2H3,(H,25,26)(H,28,29)/b16-11+. The summed E-state index contributed by atoms with van der Waals surface area (Å²) in [4.78, 5) is 40.2. The number of likely N-dealkylation sites (tertiary alicyclic amines) is 1. The van der Waals surface area contributed by atoms with E-state index in [4.69, 9.17) is 23.2 Å². The highest BCUT2D eigenvalue weighted by Gasteiger charge is 2.39. The first-order valence-electron chi connectivity index (χ1n) is 9.27. The van der Waals surface area contributed by atoms with Gasteiger partial charge in [0.1, 0.15) is 0 Å². The molecule has 9 heteroatoms. The fourth-order valence-corrected chi connectivity index (χ4v) is 4.21. The molecule has 2 N–H and O–H groups in total. The van der Waals surface area contributed by atoms with Crippen LogP contribution in [0.1, 0.15) is 19.8 Å². The van der Waals surface area contributed by atoms with Gasteiger partial charge < -0.3 is 20.0 Å². The van der Waals surface area contributed by atoms with Crippen molar-refractivity contribution in [2.24, 2.45) is 11.8 Å². The van der Waals surface area contributed by atoms with Crippen molar-refractivity contribution in [1.29, 1.82) is 0 Å². The van der Waals surface area contributed by atoms with Crippen LogP contribution in [0.3, 0.4) is 0 Å². The smallest absolute Gasteiger partial charge is 0.332 e. The minimum absolute atomic E-state index is 0.249. The van der Waals surface area contributed by atoms with E-state index >= 15 is 0 Å². The van der Waals surface area contributed by atoms with Crippen molar-refractivity contribution in [2.75, 3.05) is 31.6 Å². The fraction of sp³-hybridized carbons (Fsp3) is 0.450. The Hall–Kier alpha value is -2.09. The maximum Gasteiger partial charge on any atom is 0.332 e. The van der Waals surface area contributed by atoms with E-state index in [1.165, 1.54) is 11.0 Å². The maximum absolute atomic E-state index is 13.5. The van der Waals surface area contributed by atoms with E-state index in [1.807, 2.05) is 7.05 Å². The van der Waals surface area contributed by atoms with E-state index < -0.39 is 29.3 Å². The summed E-state index contributed by atoms with van der Waals surface area (Å²) in [5, 5.41) is 19.5. The molecule has 0 bridgehead atoms. The van der Waals surface area contributed by atoms with Gasteiger partial charge in [-0.15, -0.1) is 0 Å². The zero-order chi connectivity index (χ0) is 21.7. The lowest BCUT2D eigenvalue weighted by Crippen LogP contribution is -2.44. The van der Waals surface area contributed by atoms with Crippen molar-refractivity contribution in [2.45, 2.75) is 19.8 Å². The summed E-state index contributed by atoms with van der Waals surface area (Å²) in [6.45, 7) is 3.39. The van der Waals surface area contributed by atoms with E-state index in [0.717, 1.165) is 0 Å². The van der Waals surface area contributed by atoms with E-state index in [1.54, 1.807) is 19.1 Å². The highest BCUT2D eigenvalue weighted by Crippen LogP contribution is 2.34. The summed E-state index contributed by atoms with van der Waals surface area (Å²) < 4.78 is 0. The van der Waals surface area contributed by atoms with Crippen molar-refractivity contribution >= 4 is 46.7 Å². The molecule has 1 aromatic rings. The molecule has 1 saturated heterocycles. The second-order valence-electron chi connectivity index (χ2n) is 7.07. The third kappa shape index (κ3) is 5.95. The molecule has 1 heterocycles. The molecule has 1 aliphatic rings. The zero-order valence-corrected chi connectivity index (χ0v) is 17.8. The molecule has 158 valence electrons. The van der Waals surface area contributed by atoms with Crippen molar-refractivity contribution in [3.8, 4) is 0 Å². The normalized spacial score (nSPS) is 17.0. The number of carboxylic acid groups (broad SMARTS) is 2. The fourth-order valence-electron chi connectivity index (χ4n) is 3.70. The molecule has 1 aromatic carbocycles. The molecule has 1 aliphatic heterocycles. The van der Waals surface area contributed by atoms with E-state index in [-0.39, 0.29) is 12.5 Å². The Morgan fingerprint density at radius 1 is 1.17 bits per heavy atom. The molecule has 1 fully saturated rings. The molecule has 1 atom stereocenters. The molecule has 7 nitrogen and oxygen atoms in total.